The van der Waals surface area contributed by atoms with Crippen LogP contribution in [0, 0.1) is 12.8 Å². The second kappa shape index (κ2) is 5.35. The predicted octanol–water partition coefficient (Wildman–Crippen LogP) is 1.06. The van der Waals surface area contributed by atoms with Gasteiger partial charge in [-0.1, -0.05) is 20.8 Å². The molecule has 2 atom stereocenters. The molecule has 0 bridgehead atoms. The summed E-state index contributed by atoms with van der Waals surface area (Å²) in [5.41, 5.74) is 0. The largest absolute Gasteiger partial charge is 0.339 e. The lowest BCUT2D eigenvalue weighted by Gasteiger charge is -2.40. The zero-order valence-corrected chi connectivity index (χ0v) is 9.20. The van der Waals surface area contributed by atoms with E-state index in [-0.39, 0.29) is 6.04 Å². The Bertz CT molecular complexity index is 182. The molecule has 1 aliphatic rings. The fraction of sp³-hybridized carbons (Fsp3) is 0.818. The van der Waals surface area contributed by atoms with Crippen molar-refractivity contribution in [2.24, 2.45) is 5.92 Å². The maximum absolute atomic E-state index is 10.8. The first-order chi connectivity index (χ1) is 6.69. The summed E-state index contributed by atoms with van der Waals surface area (Å²) in [5, 5.41) is 3.48. The Hall–Kier alpha value is -0.570. The minimum atomic E-state index is 0.281. The number of amides is 1. The number of nitrogens with one attached hydrogen (secondary N) is 1. The van der Waals surface area contributed by atoms with Gasteiger partial charge in [-0.05, 0) is 18.8 Å². The van der Waals surface area contributed by atoms with Gasteiger partial charge in [-0.2, -0.15) is 0 Å². The van der Waals surface area contributed by atoms with Gasteiger partial charge in [0.2, 0.25) is 6.41 Å². The van der Waals surface area contributed by atoms with Crippen LogP contribution in [0.5, 0.6) is 0 Å². The van der Waals surface area contributed by atoms with Gasteiger partial charge >= 0.3 is 0 Å². The zero-order chi connectivity index (χ0) is 10.6. The van der Waals surface area contributed by atoms with Gasteiger partial charge < -0.3 is 10.2 Å². The standard InChI is InChI=1S/C11H21N2O/c1-4-11-10(7-9(2)3)12-5-6-13(11)8-14/h8-12H,1,4-7H2,2-3H3. The number of carbonyl (C=O) groups is 1. The van der Waals surface area contributed by atoms with Crippen molar-refractivity contribution >= 4 is 6.41 Å². The third-order valence-electron chi connectivity index (χ3n) is 2.82. The highest BCUT2D eigenvalue weighted by molar-refractivity contribution is 5.48. The number of piperazine rings is 1. The van der Waals surface area contributed by atoms with Crippen LogP contribution in [0.1, 0.15) is 26.7 Å². The molecular formula is C11H21N2O. The van der Waals surface area contributed by atoms with Crippen LogP contribution in [-0.4, -0.2) is 36.5 Å². The molecule has 1 heterocycles. The Balaban J connectivity index is 2.58. The molecule has 1 aliphatic heterocycles. The Morgan fingerprint density at radius 1 is 1.64 bits per heavy atom. The molecule has 1 amide bonds. The molecule has 1 saturated heterocycles. The lowest BCUT2D eigenvalue weighted by atomic mass is 9.93. The van der Waals surface area contributed by atoms with E-state index in [2.05, 4.69) is 26.1 Å². The van der Waals surface area contributed by atoms with E-state index in [1.165, 1.54) is 0 Å². The molecule has 0 aromatic carbocycles. The topological polar surface area (TPSA) is 32.3 Å². The van der Waals surface area contributed by atoms with Gasteiger partial charge in [0, 0.05) is 25.2 Å². The van der Waals surface area contributed by atoms with Gasteiger partial charge in [-0.15, -0.1) is 0 Å². The lowest BCUT2D eigenvalue weighted by molar-refractivity contribution is -0.122. The summed E-state index contributed by atoms with van der Waals surface area (Å²) in [5.74, 6) is 0.660. The van der Waals surface area contributed by atoms with Crippen molar-refractivity contribution in [3.05, 3.63) is 6.92 Å². The van der Waals surface area contributed by atoms with Gasteiger partial charge in [-0.3, -0.25) is 4.79 Å². The Morgan fingerprint density at radius 2 is 2.36 bits per heavy atom. The van der Waals surface area contributed by atoms with E-state index >= 15 is 0 Å². The molecule has 3 heteroatoms. The van der Waals surface area contributed by atoms with Crippen LogP contribution in [0.4, 0.5) is 0 Å². The molecule has 14 heavy (non-hydrogen) atoms. The van der Waals surface area contributed by atoms with Crippen LogP contribution < -0.4 is 5.32 Å². The van der Waals surface area contributed by atoms with E-state index in [4.69, 9.17) is 0 Å². The summed E-state index contributed by atoms with van der Waals surface area (Å²) < 4.78 is 0. The number of hydrogen-bond donors (Lipinski definition) is 1. The molecule has 1 N–H and O–H groups in total. The van der Waals surface area contributed by atoms with Crippen LogP contribution in [0.2, 0.25) is 0 Å². The minimum Gasteiger partial charge on any atom is -0.339 e. The molecule has 81 valence electrons. The highest BCUT2D eigenvalue weighted by Gasteiger charge is 2.28. The van der Waals surface area contributed by atoms with Crippen molar-refractivity contribution in [3.8, 4) is 0 Å². The Morgan fingerprint density at radius 3 is 2.86 bits per heavy atom. The first-order valence-corrected chi connectivity index (χ1v) is 5.42. The van der Waals surface area contributed by atoms with Crippen molar-refractivity contribution in [2.45, 2.75) is 38.8 Å². The molecule has 1 rings (SSSR count). The van der Waals surface area contributed by atoms with Gasteiger partial charge in [0.25, 0.3) is 0 Å². The monoisotopic (exact) mass is 197 g/mol. The average molecular weight is 197 g/mol. The predicted molar refractivity (Wildman–Crippen MR) is 57.8 cm³/mol. The number of hydrogen-bond acceptors (Lipinski definition) is 2. The highest BCUT2D eigenvalue weighted by atomic mass is 16.1. The van der Waals surface area contributed by atoms with E-state index < -0.39 is 0 Å². The second-order valence-corrected chi connectivity index (χ2v) is 4.39. The lowest BCUT2D eigenvalue weighted by Crippen LogP contribution is -2.57. The second-order valence-electron chi connectivity index (χ2n) is 4.39. The Labute approximate surface area is 86.9 Å². The normalized spacial score (nSPS) is 28.1. The van der Waals surface area contributed by atoms with Crippen LogP contribution in [-0.2, 0) is 4.79 Å². The first kappa shape index (κ1) is 11.5. The van der Waals surface area contributed by atoms with Crippen molar-refractivity contribution in [1.82, 2.24) is 10.2 Å². The molecule has 3 nitrogen and oxygen atoms in total. The minimum absolute atomic E-state index is 0.281. The number of rotatable bonds is 4. The summed E-state index contributed by atoms with van der Waals surface area (Å²) in [4.78, 5) is 12.7. The Kier molecular flexibility index (Phi) is 4.39. The smallest absolute Gasteiger partial charge is 0.210 e. The van der Waals surface area contributed by atoms with E-state index in [1.807, 2.05) is 4.90 Å². The van der Waals surface area contributed by atoms with E-state index in [0.29, 0.717) is 12.0 Å². The van der Waals surface area contributed by atoms with Crippen LogP contribution >= 0.6 is 0 Å². The fourth-order valence-corrected chi connectivity index (χ4v) is 2.16. The quantitative estimate of drug-likeness (QED) is 0.683. The number of carbonyl (C=O) groups excluding carboxylic acids is 1. The van der Waals surface area contributed by atoms with Crippen molar-refractivity contribution < 1.29 is 4.79 Å². The van der Waals surface area contributed by atoms with Crippen LogP contribution in [0.3, 0.4) is 0 Å². The molecule has 0 spiro atoms. The molecule has 0 aromatic heterocycles. The summed E-state index contributed by atoms with van der Waals surface area (Å²) >= 11 is 0. The highest BCUT2D eigenvalue weighted by Crippen LogP contribution is 2.17. The molecular weight excluding hydrogens is 176 g/mol. The summed E-state index contributed by atoms with van der Waals surface area (Å²) in [7, 11) is 0. The van der Waals surface area contributed by atoms with Crippen LogP contribution in [0.25, 0.3) is 0 Å². The van der Waals surface area contributed by atoms with Gasteiger partial charge in [0.15, 0.2) is 0 Å². The molecule has 1 radical (unpaired) electrons. The van der Waals surface area contributed by atoms with E-state index in [0.717, 1.165) is 32.3 Å². The summed E-state index contributed by atoms with van der Waals surface area (Å²) in [6.07, 6.45) is 2.87. The van der Waals surface area contributed by atoms with E-state index in [9.17, 15) is 4.79 Å². The maximum atomic E-state index is 10.8. The first-order valence-electron chi connectivity index (χ1n) is 5.42. The summed E-state index contributed by atoms with van der Waals surface area (Å²) in [6.45, 7) is 10.1. The van der Waals surface area contributed by atoms with E-state index in [1.54, 1.807) is 0 Å². The van der Waals surface area contributed by atoms with Crippen molar-refractivity contribution in [3.63, 3.8) is 0 Å². The molecule has 0 saturated carbocycles. The molecule has 0 aromatic rings. The van der Waals surface area contributed by atoms with Crippen LogP contribution in [0.15, 0.2) is 0 Å². The third-order valence-corrected chi connectivity index (χ3v) is 2.82. The summed E-state index contributed by atoms with van der Waals surface area (Å²) in [6, 6.07) is 0.704. The maximum Gasteiger partial charge on any atom is 0.210 e. The molecule has 2 unspecified atom stereocenters. The molecule has 0 aliphatic carbocycles. The van der Waals surface area contributed by atoms with Gasteiger partial charge in [0.05, 0.1) is 0 Å². The average Bonchev–Trinajstić information content (AvgIpc) is 2.16. The SMILES string of the molecule is [CH2]CC1C(CC(C)C)NCCN1C=O. The van der Waals surface area contributed by atoms with Crippen molar-refractivity contribution in [2.75, 3.05) is 13.1 Å². The van der Waals surface area contributed by atoms with Crippen molar-refractivity contribution in [1.29, 1.82) is 0 Å². The number of nitrogens with zero attached hydrogens (tertiary/aromatic N) is 1. The molecule has 1 fully saturated rings. The zero-order valence-electron chi connectivity index (χ0n) is 9.20. The van der Waals surface area contributed by atoms with Gasteiger partial charge in [0.1, 0.15) is 0 Å². The van der Waals surface area contributed by atoms with Gasteiger partial charge in [-0.25, -0.2) is 0 Å². The fourth-order valence-electron chi connectivity index (χ4n) is 2.16. The third kappa shape index (κ3) is 2.71.